The molecule has 0 saturated carbocycles. The lowest BCUT2D eigenvalue weighted by molar-refractivity contribution is 0.410. The first kappa shape index (κ1) is 12.2. The third-order valence-corrected chi connectivity index (χ3v) is 2.96. The number of halogens is 1. The van der Waals surface area contributed by atoms with E-state index in [1.807, 2.05) is 19.2 Å². The van der Waals surface area contributed by atoms with Crippen LogP contribution in [-0.2, 0) is 0 Å². The third kappa shape index (κ3) is 3.31. The van der Waals surface area contributed by atoms with Crippen LogP contribution >= 0.6 is 0 Å². The first-order valence-corrected chi connectivity index (χ1v) is 5.60. The van der Waals surface area contributed by atoms with Crippen molar-refractivity contribution in [3.05, 3.63) is 35.6 Å². The zero-order chi connectivity index (χ0) is 11.3. The van der Waals surface area contributed by atoms with E-state index >= 15 is 0 Å². The van der Waals surface area contributed by atoms with Gasteiger partial charge in [-0.05, 0) is 25.5 Å². The molecular formula is C13H20FN. The summed E-state index contributed by atoms with van der Waals surface area (Å²) in [6.45, 7) is 4.37. The summed E-state index contributed by atoms with van der Waals surface area (Å²) in [5, 5.41) is 3.18. The summed E-state index contributed by atoms with van der Waals surface area (Å²) in [6, 6.07) is 7.13. The minimum atomic E-state index is -0.111. The molecule has 1 nitrogen and oxygen atoms in total. The van der Waals surface area contributed by atoms with E-state index in [0.29, 0.717) is 5.92 Å². The summed E-state index contributed by atoms with van der Waals surface area (Å²) in [4.78, 5) is 0. The van der Waals surface area contributed by atoms with Gasteiger partial charge in [0.25, 0.3) is 0 Å². The van der Waals surface area contributed by atoms with Crippen molar-refractivity contribution >= 4 is 0 Å². The Kier molecular flexibility index (Phi) is 4.76. The molecule has 0 bridgehead atoms. The van der Waals surface area contributed by atoms with Crippen LogP contribution < -0.4 is 5.32 Å². The second-order valence-corrected chi connectivity index (χ2v) is 4.11. The van der Waals surface area contributed by atoms with Crippen molar-refractivity contribution in [3.8, 4) is 0 Å². The third-order valence-electron chi connectivity index (χ3n) is 2.96. The molecule has 84 valence electrons. The zero-order valence-electron chi connectivity index (χ0n) is 9.76. The van der Waals surface area contributed by atoms with Gasteiger partial charge in [-0.25, -0.2) is 4.39 Å². The fourth-order valence-corrected chi connectivity index (χ4v) is 1.73. The minimum absolute atomic E-state index is 0.111. The molecule has 0 aromatic heterocycles. The van der Waals surface area contributed by atoms with Crippen LogP contribution in [0.2, 0.25) is 0 Å². The van der Waals surface area contributed by atoms with Crippen LogP contribution in [0.25, 0.3) is 0 Å². The summed E-state index contributed by atoms with van der Waals surface area (Å²) in [5.74, 6) is 0.502. The Morgan fingerprint density at radius 3 is 2.53 bits per heavy atom. The Morgan fingerprint density at radius 1 is 1.33 bits per heavy atom. The van der Waals surface area contributed by atoms with Gasteiger partial charge in [-0.2, -0.15) is 0 Å². The highest BCUT2D eigenvalue weighted by atomic mass is 19.1. The maximum Gasteiger partial charge on any atom is 0.127 e. The summed E-state index contributed by atoms with van der Waals surface area (Å²) in [5.41, 5.74) is 0.778. The van der Waals surface area contributed by atoms with Crippen molar-refractivity contribution in [2.75, 3.05) is 7.05 Å². The van der Waals surface area contributed by atoms with Crippen molar-refractivity contribution in [3.63, 3.8) is 0 Å². The lowest BCUT2D eigenvalue weighted by Crippen LogP contribution is -2.20. The van der Waals surface area contributed by atoms with Crippen molar-refractivity contribution in [1.29, 1.82) is 0 Å². The SMILES string of the molecule is CCC(C)CC(NC)c1ccccc1F. The van der Waals surface area contributed by atoms with Crippen molar-refractivity contribution in [2.24, 2.45) is 5.92 Å². The van der Waals surface area contributed by atoms with Crippen molar-refractivity contribution < 1.29 is 4.39 Å². The van der Waals surface area contributed by atoms with Gasteiger partial charge >= 0.3 is 0 Å². The Hall–Kier alpha value is -0.890. The fraction of sp³-hybridized carbons (Fsp3) is 0.538. The molecule has 0 spiro atoms. The van der Waals surface area contributed by atoms with Gasteiger partial charge < -0.3 is 5.32 Å². The lowest BCUT2D eigenvalue weighted by Gasteiger charge is -2.20. The molecule has 1 aromatic carbocycles. The Balaban J connectivity index is 2.78. The average Bonchev–Trinajstić information content (AvgIpc) is 2.26. The highest BCUT2D eigenvalue weighted by Gasteiger charge is 2.15. The number of benzene rings is 1. The van der Waals surface area contributed by atoms with Crippen LogP contribution in [0, 0.1) is 11.7 Å². The molecule has 0 heterocycles. The van der Waals surface area contributed by atoms with E-state index in [1.165, 1.54) is 6.07 Å². The molecule has 0 saturated heterocycles. The predicted molar refractivity (Wildman–Crippen MR) is 62.3 cm³/mol. The van der Waals surface area contributed by atoms with E-state index in [4.69, 9.17) is 0 Å². The van der Waals surface area contributed by atoms with Gasteiger partial charge in [0, 0.05) is 11.6 Å². The highest BCUT2D eigenvalue weighted by molar-refractivity contribution is 5.21. The first-order chi connectivity index (χ1) is 7.19. The molecule has 2 unspecified atom stereocenters. The maximum absolute atomic E-state index is 13.5. The molecule has 0 aliphatic rings. The van der Waals surface area contributed by atoms with Gasteiger partial charge in [0.15, 0.2) is 0 Å². The Bertz CT molecular complexity index is 298. The van der Waals surface area contributed by atoms with E-state index in [0.717, 1.165) is 18.4 Å². The van der Waals surface area contributed by atoms with E-state index in [9.17, 15) is 4.39 Å². The molecule has 0 fully saturated rings. The summed E-state index contributed by atoms with van der Waals surface area (Å²) >= 11 is 0. The first-order valence-electron chi connectivity index (χ1n) is 5.60. The Labute approximate surface area is 91.7 Å². The van der Waals surface area contributed by atoms with E-state index in [2.05, 4.69) is 19.2 Å². The smallest absolute Gasteiger partial charge is 0.127 e. The van der Waals surface area contributed by atoms with E-state index in [-0.39, 0.29) is 11.9 Å². The number of rotatable bonds is 5. The molecule has 1 rings (SSSR count). The molecule has 0 radical (unpaired) electrons. The van der Waals surface area contributed by atoms with Gasteiger partial charge in [0.2, 0.25) is 0 Å². The van der Waals surface area contributed by atoms with Crippen LogP contribution in [0.3, 0.4) is 0 Å². The number of hydrogen-bond donors (Lipinski definition) is 1. The lowest BCUT2D eigenvalue weighted by atomic mass is 9.94. The molecule has 2 heteroatoms. The normalized spacial score (nSPS) is 14.9. The molecule has 1 N–H and O–H groups in total. The van der Waals surface area contributed by atoms with Gasteiger partial charge in [-0.3, -0.25) is 0 Å². The van der Waals surface area contributed by atoms with Crippen LogP contribution in [0.15, 0.2) is 24.3 Å². The summed E-state index contributed by atoms with van der Waals surface area (Å²) < 4.78 is 13.5. The van der Waals surface area contributed by atoms with E-state index in [1.54, 1.807) is 6.07 Å². The highest BCUT2D eigenvalue weighted by Crippen LogP contribution is 2.24. The van der Waals surface area contributed by atoms with Crippen molar-refractivity contribution in [1.82, 2.24) is 5.32 Å². The largest absolute Gasteiger partial charge is 0.313 e. The van der Waals surface area contributed by atoms with E-state index < -0.39 is 0 Å². The maximum atomic E-state index is 13.5. The predicted octanol–water partition coefficient (Wildman–Crippen LogP) is 3.52. The zero-order valence-corrected chi connectivity index (χ0v) is 9.76. The Morgan fingerprint density at radius 2 is 2.00 bits per heavy atom. The monoisotopic (exact) mass is 209 g/mol. The molecule has 0 aliphatic carbocycles. The van der Waals surface area contributed by atoms with Gasteiger partial charge in [-0.1, -0.05) is 38.5 Å². The summed E-state index contributed by atoms with van der Waals surface area (Å²) in [7, 11) is 1.89. The van der Waals surface area contributed by atoms with Gasteiger partial charge in [0.05, 0.1) is 0 Å². The average molecular weight is 209 g/mol. The number of nitrogens with one attached hydrogen (secondary N) is 1. The quantitative estimate of drug-likeness (QED) is 0.782. The van der Waals surface area contributed by atoms with Crippen LogP contribution in [0.4, 0.5) is 4.39 Å². The molecule has 0 amide bonds. The molecule has 1 aromatic rings. The second kappa shape index (κ2) is 5.86. The van der Waals surface area contributed by atoms with Crippen molar-refractivity contribution in [2.45, 2.75) is 32.7 Å². The molecule has 2 atom stereocenters. The molecular weight excluding hydrogens is 189 g/mol. The van der Waals surface area contributed by atoms with Gasteiger partial charge in [0.1, 0.15) is 5.82 Å². The van der Waals surface area contributed by atoms with Crippen LogP contribution in [0.1, 0.15) is 38.3 Å². The van der Waals surface area contributed by atoms with Crippen LogP contribution in [-0.4, -0.2) is 7.05 Å². The minimum Gasteiger partial charge on any atom is -0.313 e. The number of hydrogen-bond acceptors (Lipinski definition) is 1. The van der Waals surface area contributed by atoms with Gasteiger partial charge in [-0.15, -0.1) is 0 Å². The standard InChI is InChI=1S/C13H20FN/c1-4-10(2)9-13(15-3)11-7-5-6-8-12(11)14/h5-8,10,13,15H,4,9H2,1-3H3. The summed E-state index contributed by atoms with van der Waals surface area (Å²) in [6.07, 6.45) is 2.11. The second-order valence-electron chi connectivity index (χ2n) is 4.11. The fourth-order valence-electron chi connectivity index (χ4n) is 1.73. The molecule has 0 aliphatic heterocycles. The topological polar surface area (TPSA) is 12.0 Å². The van der Waals surface area contributed by atoms with Crippen LogP contribution in [0.5, 0.6) is 0 Å². The molecule has 15 heavy (non-hydrogen) atoms.